The molecular formula is C18H30N2O5. The Morgan fingerprint density at radius 1 is 1.24 bits per heavy atom. The van der Waals surface area contributed by atoms with Gasteiger partial charge >= 0.3 is 12.1 Å². The van der Waals surface area contributed by atoms with Crippen LogP contribution >= 0.6 is 0 Å². The fourth-order valence-electron chi connectivity index (χ4n) is 3.69. The zero-order valence-electron chi connectivity index (χ0n) is 14.9. The van der Waals surface area contributed by atoms with E-state index in [4.69, 9.17) is 14.6 Å². The van der Waals surface area contributed by atoms with E-state index in [9.17, 15) is 9.59 Å². The highest BCUT2D eigenvalue weighted by Gasteiger charge is 2.47. The van der Waals surface area contributed by atoms with Gasteiger partial charge in [-0.05, 0) is 44.4 Å². The molecule has 7 nitrogen and oxygen atoms in total. The molecule has 2 aliphatic heterocycles. The molecule has 25 heavy (non-hydrogen) atoms. The van der Waals surface area contributed by atoms with Crippen molar-refractivity contribution >= 4 is 12.1 Å². The number of carboxylic acids is 1. The van der Waals surface area contributed by atoms with E-state index in [1.807, 2.05) is 6.92 Å². The number of rotatable bonds is 11. The van der Waals surface area contributed by atoms with Gasteiger partial charge in [0.15, 0.2) is 0 Å². The Bertz CT molecular complexity index is 468. The van der Waals surface area contributed by atoms with Crippen molar-refractivity contribution in [1.82, 2.24) is 10.9 Å². The van der Waals surface area contributed by atoms with Crippen molar-refractivity contribution in [2.75, 3.05) is 13.2 Å². The average Bonchev–Trinajstić information content (AvgIpc) is 3.18. The second-order valence-corrected chi connectivity index (χ2v) is 6.75. The minimum absolute atomic E-state index is 0.216. The van der Waals surface area contributed by atoms with Gasteiger partial charge in [0.2, 0.25) is 0 Å². The Morgan fingerprint density at radius 3 is 2.72 bits per heavy atom. The van der Waals surface area contributed by atoms with Crippen molar-refractivity contribution in [2.45, 2.75) is 64.1 Å². The number of hydrogen-bond acceptors (Lipinski definition) is 5. The van der Waals surface area contributed by atoms with Gasteiger partial charge in [0.1, 0.15) is 0 Å². The van der Waals surface area contributed by atoms with Crippen LogP contribution in [-0.4, -0.2) is 42.5 Å². The predicted octanol–water partition coefficient (Wildman–Crippen LogP) is 2.62. The number of hydrazine groups is 1. The Hall–Kier alpha value is -1.60. The van der Waals surface area contributed by atoms with Gasteiger partial charge in [0.05, 0.1) is 18.8 Å². The smallest absolute Gasteiger partial charge is 0.421 e. The standard InChI is InChI=1S/C18H30N2O5/c1-2-11-24-18(23)20-19-12-14-13(15-9-10-16(14)25-15)7-5-3-4-6-8-17(21)22/h3,5,13-16,19H,2,4,6-12H2,1H3,(H,20,23)(H,21,22)/t13-,14+,15-,16+/m1/s1. The van der Waals surface area contributed by atoms with Crippen LogP contribution in [0.2, 0.25) is 0 Å². The van der Waals surface area contributed by atoms with E-state index >= 15 is 0 Å². The van der Waals surface area contributed by atoms with Crippen LogP contribution in [0.1, 0.15) is 51.9 Å². The largest absolute Gasteiger partial charge is 0.481 e. The molecule has 2 rings (SSSR count). The molecule has 2 aliphatic rings. The first-order valence-electron chi connectivity index (χ1n) is 9.29. The average molecular weight is 354 g/mol. The SMILES string of the molecule is CCCOC(=O)NNC[C@H]1[C@@H](CC=CCCCC(=O)O)[C@H]2CC[C@@H]1O2. The van der Waals surface area contributed by atoms with Crippen LogP contribution in [0.25, 0.3) is 0 Å². The van der Waals surface area contributed by atoms with Gasteiger partial charge in [0, 0.05) is 18.9 Å². The minimum atomic E-state index is -0.744. The highest BCUT2D eigenvalue weighted by atomic mass is 16.6. The number of unbranched alkanes of at least 4 members (excludes halogenated alkanes) is 1. The number of carbonyl (C=O) groups is 2. The highest BCUT2D eigenvalue weighted by molar-refractivity contribution is 5.66. The molecule has 2 saturated heterocycles. The third-order valence-corrected chi connectivity index (χ3v) is 4.89. The van der Waals surface area contributed by atoms with E-state index < -0.39 is 12.1 Å². The maximum atomic E-state index is 11.5. The fraction of sp³-hybridized carbons (Fsp3) is 0.778. The van der Waals surface area contributed by atoms with Crippen molar-refractivity contribution in [3.8, 4) is 0 Å². The van der Waals surface area contributed by atoms with Crippen LogP contribution in [-0.2, 0) is 14.3 Å². The normalized spacial score (nSPS) is 27.7. The van der Waals surface area contributed by atoms with Gasteiger partial charge in [-0.25, -0.2) is 10.2 Å². The van der Waals surface area contributed by atoms with Crippen LogP contribution < -0.4 is 10.9 Å². The number of carboxylic acid groups (broad SMARTS) is 1. The number of nitrogens with one attached hydrogen (secondary N) is 2. The van der Waals surface area contributed by atoms with Gasteiger partial charge in [0.25, 0.3) is 0 Å². The summed E-state index contributed by atoms with van der Waals surface area (Å²) < 4.78 is 11.0. The van der Waals surface area contributed by atoms with Crippen molar-refractivity contribution in [1.29, 1.82) is 0 Å². The van der Waals surface area contributed by atoms with Crippen LogP contribution in [0.5, 0.6) is 0 Å². The molecule has 0 aromatic rings. The van der Waals surface area contributed by atoms with E-state index in [-0.39, 0.29) is 12.5 Å². The molecule has 0 saturated carbocycles. The molecule has 3 N–H and O–H groups in total. The molecule has 0 aromatic carbocycles. The number of ether oxygens (including phenoxy) is 2. The Labute approximate surface area is 149 Å². The summed E-state index contributed by atoms with van der Waals surface area (Å²) >= 11 is 0. The summed E-state index contributed by atoms with van der Waals surface area (Å²) in [5.74, 6) is 0.0651. The van der Waals surface area contributed by atoms with Crippen molar-refractivity contribution < 1.29 is 24.2 Å². The lowest BCUT2D eigenvalue weighted by Crippen LogP contribution is -2.44. The van der Waals surface area contributed by atoms with Crippen molar-refractivity contribution in [3.05, 3.63) is 12.2 Å². The summed E-state index contributed by atoms with van der Waals surface area (Å²) in [6, 6.07) is 0. The first-order chi connectivity index (χ1) is 12.1. The maximum absolute atomic E-state index is 11.5. The maximum Gasteiger partial charge on any atom is 0.421 e. The first kappa shape index (κ1) is 19.7. The molecule has 2 bridgehead atoms. The number of fused-ring (bicyclic) bond motifs is 2. The second-order valence-electron chi connectivity index (χ2n) is 6.75. The Balaban J connectivity index is 1.70. The zero-order chi connectivity index (χ0) is 18.1. The molecule has 1 amide bonds. The summed E-state index contributed by atoms with van der Waals surface area (Å²) in [6.45, 7) is 3.03. The summed E-state index contributed by atoms with van der Waals surface area (Å²) in [5.41, 5.74) is 5.56. The van der Waals surface area contributed by atoms with E-state index in [1.54, 1.807) is 0 Å². The number of allylic oxidation sites excluding steroid dienone is 2. The second kappa shape index (κ2) is 10.4. The first-order valence-corrected chi connectivity index (χ1v) is 9.29. The van der Waals surface area contributed by atoms with Gasteiger partial charge in [-0.1, -0.05) is 19.1 Å². The van der Waals surface area contributed by atoms with Crippen LogP contribution in [0, 0.1) is 11.8 Å². The van der Waals surface area contributed by atoms with Gasteiger partial charge < -0.3 is 14.6 Å². The van der Waals surface area contributed by atoms with Crippen LogP contribution in [0.4, 0.5) is 4.79 Å². The summed E-state index contributed by atoms with van der Waals surface area (Å²) in [7, 11) is 0. The quantitative estimate of drug-likeness (QED) is 0.300. The minimum Gasteiger partial charge on any atom is -0.481 e. The predicted molar refractivity (Wildman–Crippen MR) is 92.9 cm³/mol. The molecule has 0 unspecified atom stereocenters. The lowest BCUT2D eigenvalue weighted by atomic mass is 9.77. The zero-order valence-corrected chi connectivity index (χ0v) is 14.9. The monoisotopic (exact) mass is 354 g/mol. The van der Waals surface area contributed by atoms with Gasteiger partial charge in [-0.15, -0.1) is 0 Å². The molecule has 142 valence electrons. The topological polar surface area (TPSA) is 96.9 Å². The molecule has 0 aromatic heterocycles. The van der Waals surface area contributed by atoms with Crippen molar-refractivity contribution in [2.24, 2.45) is 11.8 Å². The fourth-order valence-corrected chi connectivity index (χ4v) is 3.69. The third-order valence-electron chi connectivity index (χ3n) is 4.89. The van der Waals surface area contributed by atoms with Crippen LogP contribution in [0.3, 0.4) is 0 Å². The van der Waals surface area contributed by atoms with Crippen LogP contribution in [0.15, 0.2) is 12.2 Å². The number of hydrogen-bond donors (Lipinski definition) is 3. The molecule has 4 atom stereocenters. The lowest BCUT2D eigenvalue weighted by Gasteiger charge is -2.27. The molecule has 7 heteroatoms. The van der Waals surface area contributed by atoms with E-state index in [1.165, 1.54) is 0 Å². The molecule has 2 heterocycles. The highest BCUT2D eigenvalue weighted by Crippen LogP contribution is 2.44. The molecule has 2 fully saturated rings. The molecule has 0 aliphatic carbocycles. The van der Waals surface area contributed by atoms with Gasteiger partial charge in [-0.2, -0.15) is 0 Å². The number of aliphatic carboxylic acids is 1. The lowest BCUT2D eigenvalue weighted by molar-refractivity contribution is -0.137. The number of carbonyl (C=O) groups excluding carboxylic acids is 1. The van der Waals surface area contributed by atoms with Crippen molar-refractivity contribution in [3.63, 3.8) is 0 Å². The Morgan fingerprint density at radius 2 is 2.00 bits per heavy atom. The van der Waals surface area contributed by atoms with E-state index in [2.05, 4.69) is 23.0 Å². The van der Waals surface area contributed by atoms with E-state index in [0.717, 1.165) is 32.1 Å². The summed E-state index contributed by atoms with van der Waals surface area (Å²) in [6.07, 6.45) is 9.93. The molecular weight excluding hydrogens is 324 g/mol. The van der Waals surface area contributed by atoms with Gasteiger partial charge in [-0.3, -0.25) is 10.2 Å². The third kappa shape index (κ3) is 6.32. The summed E-state index contributed by atoms with van der Waals surface area (Å²) in [5, 5.41) is 8.63. The molecule has 0 spiro atoms. The Kier molecular flexibility index (Phi) is 8.21. The van der Waals surface area contributed by atoms with E-state index in [0.29, 0.717) is 37.5 Å². The number of amides is 1. The summed E-state index contributed by atoms with van der Waals surface area (Å²) in [4.78, 5) is 21.9. The molecule has 0 radical (unpaired) electrons.